The number of benzene rings is 2. The summed E-state index contributed by atoms with van der Waals surface area (Å²) in [5.74, 6) is -4.81. The van der Waals surface area contributed by atoms with Crippen LogP contribution >= 0.6 is 11.6 Å². The molecule has 0 saturated heterocycles. The maximum Gasteiger partial charge on any atom is 0.262 e. The van der Waals surface area contributed by atoms with Crippen LogP contribution in [0.2, 0.25) is 5.02 Å². The van der Waals surface area contributed by atoms with Crippen molar-refractivity contribution >= 4 is 33.0 Å². The number of aliphatic hydroxyl groups is 1. The zero-order valence-electron chi connectivity index (χ0n) is 15.4. The molecule has 0 aliphatic heterocycles. The maximum absolute atomic E-state index is 13.7. The Morgan fingerprint density at radius 1 is 1.24 bits per heavy atom. The average molecular weight is 443 g/mol. The molecule has 0 aromatic heterocycles. The Kier molecular flexibility index (Phi) is 6.63. The van der Waals surface area contributed by atoms with Crippen LogP contribution in [0, 0.1) is 23.0 Å². The van der Waals surface area contributed by atoms with Crippen LogP contribution in [0.4, 0.5) is 14.5 Å². The number of anilines is 1. The third kappa shape index (κ3) is 4.90. The predicted octanol–water partition coefficient (Wildman–Crippen LogP) is 3.14. The third-order valence-electron chi connectivity index (χ3n) is 4.25. The van der Waals surface area contributed by atoms with Crippen LogP contribution in [0.25, 0.3) is 0 Å². The van der Waals surface area contributed by atoms with Gasteiger partial charge in [0.25, 0.3) is 5.91 Å². The Hall–Kier alpha value is -2.54. The van der Waals surface area contributed by atoms with Gasteiger partial charge in [0.15, 0.2) is 27.1 Å². The Morgan fingerprint density at radius 2 is 1.90 bits per heavy atom. The molecule has 0 spiro atoms. The lowest BCUT2D eigenvalue weighted by Gasteiger charge is -2.28. The molecule has 0 fully saturated rings. The van der Waals surface area contributed by atoms with Gasteiger partial charge in [0.05, 0.1) is 21.6 Å². The highest BCUT2D eigenvalue weighted by molar-refractivity contribution is 7.92. The zero-order valence-corrected chi connectivity index (χ0v) is 17.0. The molecule has 0 aliphatic carbocycles. The minimum atomic E-state index is -3.98. The smallest absolute Gasteiger partial charge is 0.262 e. The maximum atomic E-state index is 13.7. The van der Waals surface area contributed by atoms with Crippen molar-refractivity contribution in [3.05, 3.63) is 64.2 Å². The van der Waals surface area contributed by atoms with Crippen molar-refractivity contribution in [1.29, 1.82) is 5.26 Å². The molecule has 1 atom stereocenters. The largest absolute Gasteiger partial charge is 0.374 e. The summed E-state index contributed by atoms with van der Waals surface area (Å²) in [6.07, 6.45) is 0. The molecule has 2 aromatic rings. The standard InChI is InChI=1S/C19H17ClF2N2O4S/c1-11(2)29(27,28)10-19(26,13-4-6-16(21)17(22)7-13)18(25)24-14-5-3-12(9-23)15(20)8-14/h3-8,11,26H,10H2,1-2H3,(H,24,25). The van der Waals surface area contributed by atoms with Crippen LogP contribution < -0.4 is 5.32 Å². The molecule has 0 saturated carbocycles. The van der Waals surface area contributed by atoms with E-state index in [4.69, 9.17) is 16.9 Å². The van der Waals surface area contributed by atoms with E-state index in [1.807, 2.05) is 6.07 Å². The van der Waals surface area contributed by atoms with Gasteiger partial charge in [-0.3, -0.25) is 4.79 Å². The first-order valence-corrected chi connectivity index (χ1v) is 10.4. The van der Waals surface area contributed by atoms with Gasteiger partial charge in [-0.25, -0.2) is 17.2 Å². The van der Waals surface area contributed by atoms with Gasteiger partial charge in [-0.15, -0.1) is 0 Å². The van der Waals surface area contributed by atoms with Gasteiger partial charge in [-0.2, -0.15) is 5.26 Å². The summed E-state index contributed by atoms with van der Waals surface area (Å²) >= 11 is 5.91. The number of hydrogen-bond donors (Lipinski definition) is 2. The van der Waals surface area contributed by atoms with Crippen LogP contribution in [0.1, 0.15) is 25.0 Å². The van der Waals surface area contributed by atoms with Crippen LogP contribution in [-0.4, -0.2) is 30.4 Å². The lowest BCUT2D eigenvalue weighted by Crippen LogP contribution is -2.47. The third-order valence-corrected chi connectivity index (χ3v) is 6.82. The van der Waals surface area contributed by atoms with Crippen molar-refractivity contribution < 1.29 is 27.1 Å². The average Bonchev–Trinajstić information content (AvgIpc) is 2.63. The summed E-state index contributed by atoms with van der Waals surface area (Å²) in [4.78, 5) is 12.8. The lowest BCUT2D eigenvalue weighted by atomic mass is 9.94. The van der Waals surface area contributed by atoms with E-state index in [0.717, 1.165) is 6.07 Å². The van der Waals surface area contributed by atoms with E-state index in [0.29, 0.717) is 12.1 Å². The summed E-state index contributed by atoms with van der Waals surface area (Å²) in [6.45, 7) is 2.72. The second kappa shape index (κ2) is 8.45. The topological polar surface area (TPSA) is 107 Å². The second-order valence-electron chi connectivity index (χ2n) is 6.61. The van der Waals surface area contributed by atoms with Gasteiger partial charge < -0.3 is 10.4 Å². The molecule has 1 amide bonds. The number of halogens is 3. The molecule has 2 rings (SSSR count). The minimum absolute atomic E-state index is 0.0245. The lowest BCUT2D eigenvalue weighted by molar-refractivity contribution is -0.132. The van der Waals surface area contributed by atoms with E-state index in [2.05, 4.69) is 5.32 Å². The van der Waals surface area contributed by atoms with E-state index in [1.165, 1.54) is 32.0 Å². The van der Waals surface area contributed by atoms with Gasteiger partial charge in [-0.05, 0) is 49.7 Å². The number of hydrogen-bond acceptors (Lipinski definition) is 5. The summed E-state index contributed by atoms with van der Waals surface area (Å²) in [5, 5.41) is 21.3. The number of sulfone groups is 1. The van der Waals surface area contributed by atoms with Crippen molar-refractivity contribution in [2.75, 3.05) is 11.1 Å². The predicted molar refractivity (Wildman–Crippen MR) is 104 cm³/mol. The van der Waals surface area contributed by atoms with Crippen molar-refractivity contribution in [3.8, 4) is 6.07 Å². The van der Waals surface area contributed by atoms with Crippen LogP contribution in [0.3, 0.4) is 0 Å². The molecule has 10 heteroatoms. The van der Waals surface area contributed by atoms with Crippen LogP contribution in [0.5, 0.6) is 0 Å². The quantitative estimate of drug-likeness (QED) is 0.714. The molecule has 29 heavy (non-hydrogen) atoms. The zero-order chi connectivity index (χ0) is 22.0. The summed E-state index contributed by atoms with van der Waals surface area (Å²) in [6, 6.07) is 7.90. The number of carbonyl (C=O) groups excluding carboxylic acids is 1. The summed E-state index contributed by atoms with van der Waals surface area (Å²) < 4.78 is 51.8. The normalized spacial score (nSPS) is 13.6. The molecule has 0 radical (unpaired) electrons. The number of carbonyl (C=O) groups is 1. The molecular formula is C19H17ClF2N2O4S. The molecule has 1 unspecified atom stereocenters. The molecule has 2 aromatic carbocycles. The minimum Gasteiger partial charge on any atom is -0.374 e. The first-order chi connectivity index (χ1) is 13.4. The van der Waals surface area contributed by atoms with E-state index in [9.17, 15) is 27.1 Å². The molecule has 6 nitrogen and oxygen atoms in total. The number of nitrogens with zero attached hydrogens (tertiary/aromatic N) is 1. The highest BCUT2D eigenvalue weighted by Crippen LogP contribution is 2.29. The Morgan fingerprint density at radius 3 is 2.41 bits per heavy atom. The molecule has 0 aliphatic rings. The number of rotatable bonds is 6. The highest BCUT2D eigenvalue weighted by Gasteiger charge is 2.43. The molecule has 2 N–H and O–H groups in total. The second-order valence-corrected chi connectivity index (χ2v) is 9.57. The van der Waals surface area contributed by atoms with Gasteiger partial charge in [0.1, 0.15) is 6.07 Å². The molecule has 0 heterocycles. The number of amides is 1. The van der Waals surface area contributed by atoms with E-state index in [-0.39, 0.29) is 16.3 Å². The first kappa shape index (κ1) is 22.7. The monoisotopic (exact) mass is 442 g/mol. The number of nitriles is 1. The van der Waals surface area contributed by atoms with E-state index in [1.54, 1.807) is 0 Å². The fourth-order valence-electron chi connectivity index (χ4n) is 2.41. The highest BCUT2D eigenvalue weighted by atomic mass is 35.5. The molecular weight excluding hydrogens is 426 g/mol. The van der Waals surface area contributed by atoms with Crippen molar-refractivity contribution in [3.63, 3.8) is 0 Å². The Labute approximate surface area is 171 Å². The van der Waals surface area contributed by atoms with Crippen molar-refractivity contribution in [2.45, 2.75) is 24.7 Å². The Bertz CT molecular complexity index is 1100. The summed E-state index contributed by atoms with van der Waals surface area (Å²) in [5.41, 5.74) is -2.93. The molecule has 0 bridgehead atoms. The van der Waals surface area contributed by atoms with Gasteiger partial charge >= 0.3 is 0 Å². The summed E-state index contributed by atoms with van der Waals surface area (Å²) in [7, 11) is -3.98. The van der Waals surface area contributed by atoms with Gasteiger partial charge in [0, 0.05) is 5.69 Å². The first-order valence-electron chi connectivity index (χ1n) is 8.31. The van der Waals surface area contributed by atoms with Crippen molar-refractivity contribution in [2.24, 2.45) is 0 Å². The van der Waals surface area contributed by atoms with Crippen LogP contribution in [0.15, 0.2) is 36.4 Å². The SMILES string of the molecule is CC(C)S(=O)(=O)CC(O)(C(=O)Nc1ccc(C#N)c(Cl)c1)c1ccc(F)c(F)c1. The van der Waals surface area contributed by atoms with Gasteiger partial charge in [-0.1, -0.05) is 17.7 Å². The van der Waals surface area contributed by atoms with E-state index < -0.39 is 49.5 Å². The van der Waals surface area contributed by atoms with E-state index >= 15 is 0 Å². The van der Waals surface area contributed by atoms with Crippen molar-refractivity contribution in [1.82, 2.24) is 0 Å². The fourth-order valence-corrected chi connectivity index (χ4v) is 3.85. The number of nitrogens with one attached hydrogen (secondary N) is 1. The Balaban J connectivity index is 2.51. The van der Waals surface area contributed by atoms with Crippen LogP contribution in [-0.2, 0) is 20.2 Å². The fraction of sp³-hybridized carbons (Fsp3) is 0.263. The molecule has 154 valence electrons. The van der Waals surface area contributed by atoms with Gasteiger partial charge in [0.2, 0.25) is 0 Å².